The van der Waals surface area contributed by atoms with Crippen LogP contribution >= 0.6 is 0 Å². The Morgan fingerprint density at radius 1 is 1.13 bits per heavy atom. The van der Waals surface area contributed by atoms with E-state index < -0.39 is 23.5 Å². The zero-order valence-corrected chi connectivity index (χ0v) is 22.9. The molecule has 0 spiro atoms. The number of carbonyl (C=O) groups is 3. The molecular weight excluding hydrogens is 508 g/mol. The number of carboxylic acids is 1. The molecule has 2 aliphatic carbocycles. The van der Waals surface area contributed by atoms with E-state index in [0.29, 0.717) is 51.0 Å². The molecule has 4 aliphatic rings. The number of aromatic nitrogens is 3. The van der Waals surface area contributed by atoms with Crippen molar-refractivity contribution >= 4 is 23.4 Å². The van der Waals surface area contributed by atoms with Crippen molar-refractivity contribution in [3.8, 4) is 0 Å². The molecule has 2 saturated carbocycles. The monoisotopic (exact) mass is 544 g/mol. The number of aliphatic carboxylic acids is 1. The predicted molar refractivity (Wildman–Crippen MR) is 135 cm³/mol. The summed E-state index contributed by atoms with van der Waals surface area (Å²) in [6, 6.07) is 2.03. The highest BCUT2D eigenvalue weighted by atomic mass is 19.3. The van der Waals surface area contributed by atoms with Gasteiger partial charge in [0.2, 0.25) is 23.2 Å². The number of nitrogens with zero attached hydrogens (tertiary/aromatic N) is 5. The third-order valence-electron chi connectivity index (χ3n) is 9.37. The van der Waals surface area contributed by atoms with Crippen LogP contribution in [0.3, 0.4) is 0 Å². The first-order valence-corrected chi connectivity index (χ1v) is 13.9. The van der Waals surface area contributed by atoms with Crippen LogP contribution in [0.1, 0.15) is 93.9 Å². The predicted octanol–water partition coefficient (Wildman–Crippen LogP) is 3.29. The molecule has 6 rings (SSSR count). The van der Waals surface area contributed by atoms with Gasteiger partial charge in [-0.1, -0.05) is 30.4 Å². The average Bonchev–Trinajstić information content (AvgIpc) is 3.30. The Balaban J connectivity index is 1.39. The molecule has 39 heavy (non-hydrogen) atoms. The van der Waals surface area contributed by atoms with Crippen molar-refractivity contribution in [1.29, 1.82) is 0 Å². The maximum Gasteiger partial charge on any atom is 0.313 e. The first kappa shape index (κ1) is 26.1. The van der Waals surface area contributed by atoms with E-state index in [1.165, 1.54) is 0 Å². The second-order valence-electron chi connectivity index (χ2n) is 13.1. The van der Waals surface area contributed by atoms with E-state index in [9.17, 15) is 28.3 Å². The fraction of sp³-hybridized carbons (Fsp3) is 0.679. The van der Waals surface area contributed by atoms with Crippen LogP contribution in [-0.2, 0) is 20.7 Å². The summed E-state index contributed by atoms with van der Waals surface area (Å²) in [7, 11) is 0. The van der Waals surface area contributed by atoms with Crippen LogP contribution in [0.15, 0.2) is 12.3 Å². The maximum atomic E-state index is 13.9. The fourth-order valence-corrected chi connectivity index (χ4v) is 6.97. The van der Waals surface area contributed by atoms with Gasteiger partial charge in [0.15, 0.2) is 6.20 Å². The van der Waals surface area contributed by atoms with Crippen molar-refractivity contribution in [2.24, 2.45) is 11.8 Å². The zero-order chi connectivity index (χ0) is 28.1. The molecule has 0 aromatic carbocycles. The molecule has 2 amide bonds. The van der Waals surface area contributed by atoms with Gasteiger partial charge in [-0.15, -0.1) is 0 Å². The van der Waals surface area contributed by atoms with Crippen molar-refractivity contribution in [3.05, 3.63) is 29.2 Å². The number of alkyl halides is 2. The lowest BCUT2D eigenvalue weighted by Gasteiger charge is -2.45. The van der Waals surface area contributed by atoms with Gasteiger partial charge in [-0.05, 0) is 37.2 Å². The van der Waals surface area contributed by atoms with Gasteiger partial charge in [-0.3, -0.25) is 19.3 Å². The molecule has 1 atom stereocenters. The van der Waals surface area contributed by atoms with Gasteiger partial charge in [0.05, 0.1) is 23.7 Å². The maximum absolute atomic E-state index is 13.9. The Bertz CT molecular complexity index is 1380. The number of piperazine rings is 1. The summed E-state index contributed by atoms with van der Waals surface area (Å²) in [5, 5.41) is 14.1. The highest BCUT2D eigenvalue weighted by Crippen LogP contribution is 2.42. The molecule has 0 radical (unpaired) electrons. The number of fused-ring (bicyclic) bond motifs is 5. The molecular formula is C28H36F2N5O4+. The number of imidazole rings is 1. The van der Waals surface area contributed by atoms with Crippen molar-refractivity contribution in [1.82, 2.24) is 19.4 Å². The molecule has 3 fully saturated rings. The molecule has 2 aliphatic heterocycles. The van der Waals surface area contributed by atoms with Crippen molar-refractivity contribution in [3.63, 3.8) is 0 Å². The van der Waals surface area contributed by atoms with Gasteiger partial charge >= 0.3 is 17.5 Å². The minimum atomic E-state index is -2.62. The first-order chi connectivity index (χ1) is 18.2. The van der Waals surface area contributed by atoms with Crippen LogP contribution in [0.2, 0.25) is 0 Å². The second-order valence-corrected chi connectivity index (χ2v) is 13.1. The van der Waals surface area contributed by atoms with E-state index in [1.54, 1.807) is 15.6 Å². The number of hydrogen-bond donors (Lipinski definition) is 1. The van der Waals surface area contributed by atoms with Crippen molar-refractivity contribution in [2.45, 2.75) is 89.1 Å². The smallest absolute Gasteiger partial charge is 0.313 e. The summed E-state index contributed by atoms with van der Waals surface area (Å²) in [6.45, 7) is 9.32. The molecule has 210 valence electrons. The van der Waals surface area contributed by atoms with Crippen LogP contribution in [0.4, 0.5) is 8.78 Å². The molecule has 1 N–H and O–H groups in total. The standard InChI is InChI=1S/C28H35F2N5O4/c1-26(2,3)19-13-20(16-5-7-28(29,30)8-6-16)31-34-14-21-24(37)33-10-9-32(15-27(33,4)35(21)22(19)34)23(36)17-11-18(12-17)25(38)39/h13-14,16-18H,5-12,15H2,1-4H3/p+1. The van der Waals surface area contributed by atoms with Gasteiger partial charge in [0.25, 0.3) is 0 Å². The summed E-state index contributed by atoms with van der Waals surface area (Å²) in [6.07, 6.45) is 2.89. The zero-order valence-electron chi connectivity index (χ0n) is 22.9. The highest BCUT2D eigenvalue weighted by Gasteiger charge is 2.58. The third kappa shape index (κ3) is 4.02. The number of carboxylic acid groups (broad SMARTS) is 1. The Morgan fingerprint density at radius 3 is 2.41 bits per heavy atom. The molecule has 1 unspecified atom stereocenters. The van der Waals surface area contributed by atoms with Crippen LogP contribution in [0.25, 0.3) is 5.65 Å². The quantitative estimate of drug-likeness (QED) is 0.598. The summed E-state index contributed by atoms with van der Waals surface area (Å²) < 4.78 is 31.5. The minimum Gasteiger partial charge on any atom is -0.481 e. The summed E-state index contributed by atoms with van der Waals surface area (Å²) in [4.78, 5) is 41.8. The topological polar surface area (TPSA) is 99.1 Å². The van der Waals surface area contributed by atoms with E-state index in [4.69, 9.17) is 5.10 Å². The second kappa shape index (κ2) is 8.44. The summed E-state index contributed by atoms with van der Waals surface area (Å²) in [5.41, 5.74) is 1.84. The lowest BCUT2D eigenvalue weighted by atomic mass is 9.74. The largest absolute Gasteiger partial charge is 0.481 e. The van der Waals surface area contributed by atoms with E-state index >= 15 is 0 Å². The van der Waals surface area contributed by atoms with Crippen molar-refractivity contribution < 1.29 is 32.8 Å². The Labute approximate surface area is 225 Å². The number of carbonyl (C=O) groups excluding carboxylic acids is 2. The molecule has 4 heterocycles. The normalized spacial score (nSPS) is 28.8. The molecule has 0 bridgehead atoms. The number of hydrogen-bond acceptors (Lipinski definition) is 4. The highest BCUT2D eigenvalue weighted by molar-refractivity contribution is 5.93. The van der Waals surface area contributed by atoms with Crippen LogP contribution in [-0.4, -0.2) is 67.9 Å². The van der Waals surface area contributed by atoms with Crippen molar-refractivity contribution in [2.75, 3.05) is 19.6 Å². The fourth-order valence-electron chi connectivity index (χ4n) is 6.97. The van der Waals surface area contributed by atoms with Gasteiger partial charge < -0.3 is 10.0 Å². The van der Waals surface area contributed by atoms with E-state index in [0.717, 1.165) is 16.9 Å². The SMILES string of the molecule is CC(C)(C)c1cc(C2CCC(F)(F)CC2)nn2cc3[n+](c12)C1(C)CN(C(=O)C2CC(C(=O)O)C2)CCN1C3=O. The van der Waals surface area contributed by atoms with E-state index in [2.05, 4.69) is 20.8 Å². The Kier molecular flexibility index (Phi) is 5.66. The Hall–Kier alpha value is -3.11. The number of halogens is 2. The van der Waals surface area contributed by atoms with Crippen LogP contribution in [0.5, 0.6) is 0 Å². The summed E-state index contributed by atoms with van der Waals surface area (Å²) in [5.74, 6) is -4.49. The van der Waals surface area contributed by atoms with Gasteiger partial charge in [-0.2, -0.15) is 4.57 Å². The molecule has 9 nitrogen and oxygen atoms in total. The number of rotatable bonds is 3. The number of amides is 2. The minimum absolute atomic E-state index is 0.0519. The van der Waals surface area contributed by atoms with Gasteiger partial charge in [0.1, 0.15) is 0 Å². The van der Waals surface area contributed by atoms with E-state index in [-0.39, 0.29) is 41.9 Å². The van der Waals surface area contributed by atoms with Crippen LogP contribution < -0.4 is 4.57 Å². The van der Waals surface area contributed by atoms with E-state index in [1.807, 2.05) is 22.5 Å². The molecule has 1 saturated heterocycles. The third-order valence-corrected chi connectivity index (χ3v) is 9.37. The Morgan fingerprint density at radius 2 is 1.79 bits per heavy atom. The van der Waals surface area contributed by atoms with Gasteiger partial charge in [0, 0.05) is 44.7 Å². The lowest BCUT2D eigenvalue weighted by molar-refractivity contribution is -0.749. The summed E-state index contributed by atoms with van der Waals surface area (Å²) >= 11 is 0. The lowest BCUT2D eigenvalue weighted by Crippen LogP contribution is -2.69. The molecule has 2 aromatic rings. The molecule has 2 aromatic heterocycles. The molecule has 11 heteroatoms. The van der Waals surface area contributed by atoms with Crippen LogP contribution in [0, 0.1) is 11.8 Å². The van der Waals surface area contributed by atoms with Gasteiger partial charge in [-0.25, -0.2) is 8.78 Å². The first-order valence-electron chi connectivity index (χ1n) is 13.9. The average molecular weight is 545 g/mol.